The van der Waals surface area contributed by atoms with Gasteiger partial charge in [-0.3, -0.25) is 14.6 Å². The fourth-order valence-corrected chi connectivity index (χ4v) is 3.66. The summed E-state index contributed by atoms with van der Waals surface area (Å²) in [4.78, 5) is 42.2. The monoisotopic (exact) mass is 394 g/mol. The summed E-state index contributed by atoms with van der Waals surface area (Å²) in [5.74, 6) is -0.472. The van der Waals surface area contributed by atoms with Gasteiger partial charge in [-0.05, 0) is 38.1 Å². The van der Waals surface area contributed by atoms with Gasteiger partial charge in [-0.1, -0.05) is 30.8 Å². The number of carbonyl (C=O) groups excluding carboxylic acids is 3. The summed E-state index contributed by atoms with van der Waals surface area (Å²) < 4.78 is 0. The molecule has 1 aliphatic rings. The lowest BCUT2D eigenvalue weighted by Gasteiger charge is -2.28. The van der Waals surface area contributed by atoms with Crippen molar-refractivity contribution in [2.45, 2.75) is 44.8 Å². The van der Waals surface area contributed by atoms with Gasteiger partial charge in [0.2, 0.25) is 11.8 Å². The van der Waals surface area contributed by atoms with Crippen molar-refractivity contribution < 1.29 is 14.4 Å². The van der Waals surface area contributed by atoms with E-state index in [-0.39, 0.29) is 11.8 Å². The zero-order chi connectivity index (χ0) is 21.0. The molecule has 2 heterocycles. The Bertz CT molecular complexity index is 937. The molecule has 0 bridgehead atoms. The van der Waals surface area contributed by atoms with E-state index in [9.17, 15) is 14.4 Å². The molecule has 29 heavy (non-hydrogen) atoms. The van der Waals surface area contributed by atoms with Crippen LogP contribution in [0.2, 0.25) is 0 Å². The number of hydrogen-bond acceptors (Lipinski definition) is 5. The van der Waals surface area contributed by atoms with Crippen LogP contribution in [0.3, 0.4) is 0 Å². The van der Waals surface area contributed by atoms with Crippen molar-refractivity contribution in [1.82, 2.24) is 20.5 Å². The molecule has 1 saturated heterocycles. The number of nitrogens with one attached hydrogen (secondary N) is 2. The second kappa shape index (κ2) is 8.86. The Kier molecular flexibility index (Phi) is 6.26. The molecule has 3 rings (SSSR count). The van der Waals surface area contributed by atoms with Crippen molar-refractivity contribution in [3.8, 4) is 0 Å². The molecule has 0 aliphatic carbocycles. The molecule has 1 fully saturated rings. The van der Waals surface area contributed by atoms with E-state index in [4.69, 9.17) is 0 Å². The SMILES string of the molecule is C=C(N[C@@H](C)C(=O)N1CCC[C@H]1C(=O)N[C@@H](C)C=O)c1nccc2ccccc12. The summed E-state index contributed by atoms with van der Waals surface area (Å²) in [7, 11) is 0. The molecule has 3 atom stereocenters. The minimum absolute atomic E-state index is 0.178. The third-order valence-electron chi connectivity index (χ3n) is 5.13. The fourth-order valence-electron chi connectivity index (χ4n) is 3.66. The van der Waals surface area contributed by atoms with Gasteiger partial charge in [-0.2, -0.15) is 0 Å². The highest BCUT2D eigenvalue weighted by Crippen LogP contribution is 2.22. The third-order valence-corrected chi connectivity index (χ3v) is 5.13. The molecule has 1 aromatic heterocycles. The lowest BCUT2D eigenvalue weighted by atomic mass is 10.1. The fraction of sp³-hybridized carbons (Fsp3) is 0.364. The molecule has 2 N–H and O–H groups in total. The smallest absolute Gasteiger partial charge is 0.245 e. The number of benzene rings is 1. The highest BCUT2D eigenvalue weighted by molar-refractivity contribution is 5.94. The average molecular weight is 394 g/mol. The zero-order valence-corrected chi connectivity index (χ0v) is 16.7. The van der Waals surface area contributed by atoms with Gasteiger partial charge in [-0.25, -0.2) is 0 Å². The highest BCUT2D eigenvalue weighted by Gasteiger charge is 2.36. The topological polar surface area (TPSA) is 91.4 Å². The average Bonchev–Trinajstić information content (AvgIpc) is 3.22. The van der Waals surface area contributed by atoms with E-state index in [1.165, 1.54) is 0 Å². The van der Waals surface area contributed by atoms with Gasteiger partial charge in [0.15, 0.2) is 0 Å². The number of carbonyl (C=O) groups is 3. The van der Waals surface area contributed by atoms with E-state index in [1.54, 1.807) is 24.9 Å². The highest BCUT2D eigenvalue weighted by atomic mass is 16.2. The molecular weight excluding hydrogens is 368 g/mol. The molecule has 2 aromatic rings. The molecule has 0 saturated carbocycles. The minimum atomic E-state index is -0.576. The van der Waals surface area contributed by atoms with E-state index in [0.29, 0.717) is 30.6 Å². The van der Waals surface area contributed by atoms with Crippen molar-refractivity contribution >= 4 is 34.6 Å². The molecule has 0 spiro atoms. The maximum atomic E-state index is 13.0. The first-order chi connectivity index (χ1) is 13.9. The van der Waals surface area contributed by atoms with Crippen molar-refractivity contribution in [3.05, 3.63) is 48.8 Å². The van der Waals surface area contributed by atoms with Crippen LogP contribution in [0, 0.1) is 0 Å². The van der Waals surface area contributed by atoms with Crippen molar-refractivity contribution in [2.24, 2.45) is 0 Å². The number of rotatable bonds is 7. The van der Waals surface area contributed by atoms with Crippen LogP contribution in [0.4, 0.5) is 0 Å². The molecule has 0 unspecified atom stereocenters. The van der Waals surface area contributed by atoms with Gasteiger partial charge < -0.3 is 20.3 Å². The van der Waals surface area contributed by atoms with Gasteiger partial charge >= 0.3 is 0 Å². The van der Waals surface area contributed by atoms with E-state index in [0.717, 1.165) is 17.2 Å². The first kappa shape index (κ1) is 20.5. The lowest BCUT2D eigenvalue weighted by molar-refractivity contribution is -0.139. The van der Waals surface area contributed by atoms with Gasteiger partial charge in [0.1, 0.15) is 18.4 Å². The lowest BCUT2D eigenvalue weighted by Crippen LogP contribution is -2.52. The van der Waals surface area contributed by atoms with E-state index >= 15 is 0 Å². The molecule has 0 radical (unpaired) electrons. The molecular formula is C22H26N4O3. The summed E-state index contributed by atoms with van der Waals surface area (Å²) in [6, 6.07) is 8.07. The van der Waals surface area contributed by atoms with E-state index < -0.39 is 18.1 Å². The largest absolute Gasteiger partial charge is 0.373 e. The van der Waals surface area contributed by atoms with Crippen LogP contribution in [0.1, 0.15) is 32.4 Å². The van der Waals surface area contributed by atoms with E-state index in [1.807, 2.05) is 30.3 Å². The Morgan fingerprint density at radius 3 is 2.76 bits per heavy atom. The van der Waals surface area contributed by atoms with Gasteiger partial charge in [-0.15, -0.1) is 0 Å². The number of fused-ring (bicyclic) bond motifs is 1. The van der Waals surface area contributed by atoms with Gasteiger partial charge in [0.25, 0.3) is 0 Å². The summed E-state index contributed by atoms with van der Waals surface area (Å²) in [5.41, 5.74) is 1.25. The summed E-state index contributed by atoms with van der Waals surface area (Å²) in [6.45, 7) is 7.94. The summed E-state index contributed by atoms with van der Waals surface area (Å²) in [6.07, 6.45) is 3.72. The Labute approximate surface area is 170 Å². The molecule has 2 amide bonds. The van der Waals surface area contributed by atoms with Crippen LogP contribution in [-0.2, 0) is 14.4 Å². The number of aromatic nitrogens is 1. The molecule has 7 nitrogen and oxygen atoms in total. The summed E-state index contributed by atoms with van der Waals surface area (Å²) >= 11 is 0. The first-order valence-electron chi connectivity index (χ1n) is 9.78. The number of likely N-dealkylation sites (tertiary alicyclic amines) is 1. The first-order valence-corrected chi connectivity index (χ1v) is 9.78. The maximum Gasteiger partial charge on any atom is 0.245 e. The van der Waals surface area contributed by atoms with Crippen molar-refractivity contribution in [1.29, 1.82) is 0 Å². The number of aldehydes is 1. The van der Waals surface area contributed by atoms with Crippen molar-refractivity contribution in [2.75, 3.05) is 6.54 Å². The normalized spacial score (nSPS) is 18.1. The van der Waals surface area contributed by atoms with Crippen molar-refractivity contribution in [3.63, 3.8) is 0 Å². The molecule has 1 aromatic carbocycles. The molecule has 1 aliphatic heterocycles. The summed E-state index contributed by atoms with van der Waals surface area (Å²) in [5, 5.41) is 7.77. The predicted molar refractivity (Wildman–Crippen MR) is 112 cm³/mol. The Morgan fingerprint density at radius 1 is 1.24 bits per heavy atom. The Balaban J connectivity index is 1.70. The van der Waals surface area contributed by atoms with Crippen LogP contribution in [0.5, 0.6) is 0 Å². The second-order valence-corrected chi connectivity index (χ2v) is 7.35. The Hall–Kier alpha value is -3.22. The number of amides is 2. The van der Waals surface area contributed by atoms with Gasteiger partial charge in [0.05, 0.1) is 17.4 Å². The molecule has 7 heteroatoms. The quantitative estimate of drug-likeness (QED) is 0.700. The number of hydrogen-bond donors (Lipinski definition) is 2. The maximum absolute atomic E-state index is 13.0. The zero-order valence-electron chi connectivity index (χ0n) is 16.7. The van der Waals surface area contributed by atoms with Crippen LogP contribution in [0.25, 0.3) is 16.5 Å². The van der Waals surface area contributed by atoms with E-state index in [2.05, 4.69) is 22.2 Å². The van der Waals surface area contributed by atoms with Gasteiger partial charge in [0, 0.05) is 18.1 Å². The van der Waals surface area contributed by atoms with Crippen LogP contribution in [0.15, 0.2) is 43.1 Å². The van der Waals surface area contributed by atoms with Crippen LogP contribution in [-0.4, -0.2) is 52.7 Å². The van der Waals surface area contributed by atoms with Crippen LogP contribution >= 0.6 is 0 Å². The number of pyridine rings is 1. The molecule has 152 valence electrons. The second-order valence-electron chi connectivity index (χ2n) is 7.35. The number of nitrogens with zero attached hydrogens (tertiary/aromatic N) is 2. The Morgan fingerprint density at radius 2 is 2.00 bits per heavy atom. The van der Waals surface area contributed by atoms with Crippen LogP contribution < -0.4 is 10.6 Å². The predicted octanol–water partition coefficient (Wildman–Crippen LogP) is 1.88. The minimum Gasteiger partial charge on any atom is -0.373 e. The third kappa shape index (κ3) is 4.45. The standard InChI is InChI=1S/C22H26N4O3/c1-14(13-27)24-21(28)19-9-6-12-26(19)22(29)16(3)25-15(2)20-18-8-5-4-7-17(18)10-11-23-20/h4-5,7-8,10-11,13-14,16,19,25H,2,6,9,12H2,1,3H3,(H,24,28)/t14-,16-,19-/m0/s1.